The lowest BCUT2D eigenvalue weighted by Crippen LogP contribution is -2.22. The van der Waals surface area contributed by atoms with Gasteiger partial charge in [-0.05, 0) is 47.2 Å². The van der Waals surface area contributed by atoms with Crippen LogP contribution in [-0.4, -0.2) is 29.8 Å². The van der Waals surface area contributed by atoms with Crippen LogP contribution in [-0.2, 0) is 9.53 Å². The average molecular weight is 380 g/mol. The number of hydrogen-bond acceptors (Lipinski definition) is 5. The monoisotopic (exact) mass is 380 g/mol. The number of aromatic nitrogens is 1. The van der Waals surface area contributed by atoms with E-state index in [9.17, 15) is 14.7 Å². The standard InChI is InChI=1S/C22H24N2O4/c1-13-10-16(5-7-18(13)14(2)12-25)20(22(27)28-3)24-17-6-4-15-8-9-23-21(26)19(15)11-17/h4-11,14,20,24-25H,12H2,1-3H3,(H,23,26)/t14-,20?/m0/s1. The molecule has 146 valence electrons. The van der Waals surface area contributed by atoms with Gasteiger partial charge < -0.3 is 20.1 Å². The molecule has 0 saturated carbocycles. The lowest BCUT2D eigenvalue weighted by molar-refractivity contribution is -0.141. The summed E-state index contributed by atoms with van der Waals surface area (Å²) in [5.74, 6) is -0.407. The summed E-state index contributed by atoms with van der Waals surface area (Å²) in [6.45, 7) is 3.96. The zero-order valence-corrected chi connectivity index (χ0v) is 16.2. The van der Waals surface area contributed by atoms with Crippen molar-refractivity contribution in [3.8, 4) is 0 Å². The van der Waals surface area contributed by atoms with Crippen molar-refractivity contribution in [3.05, 3.63) is 75.7 Å². The van der Waals surface area contributed by atoms with Crippen molar-refractivity contribution in [2.45, 2.75) is 25.8 Å². The largest absolute Gasteiger partial charge is 0.467 e. The van der Waals surface area contributed by atoms with Crippen LogP contribution in [0.2, 0.25) is 0 Å². The molecular formula is C22H24N2O4. The Morgan fingerprint density at radius 3 is 2.68 bits per heavy atom. The molecule has 3 aromatic rings. The molecule has 3 rings (SSSR count). The van der Waals surface area contributed by atoms with Crippen molar-refractivity contribution in [1.29, 1.82) is 0 Å². The fourth-order valence-corrected chi connectivity index (χ4v) is 3.37. The number of aromatic amines is 1. The number of methoxy groups -OCH3 is 1. The number of H-pyrrole nitrogens is 1. The third kappa shape index (κ3) is 3.92. The maximum atomic E-state index is 12.4. The van der Waals surface area contributed by atoms with Crippen molar-refractivity contribution < 1.29 is 14.6 Å². The van der Waals surface area contributed by atoms with Crippen LogP contribution in [0, 0.1) is 6.92 Å². The fraction of sp³-hybridized carbons (Fsp3) is 0.273. The third-order valence-corrected chi connectivity index (χ3v) is 4.96. The van der Waals surface area contributed by atoms with E-state index in [1.807, 2.05) is 50.2 Å². The number of hydrogen-bond donors (Lipinski definition) is 3. The summed E-state index contributed by atoms with van der Waals surface area (Å²) < 4.78 is 4.98. The summed E-state index contributed by atoms with van der Waals surface area (Å²) >= 11 is 0. The second-order valence-electron chi connectivity index (χ2n) is 6.91. The number of pyridine rings is 1. The average Bonchev–Trinajstić information content (AvgIpc) is 2.71. The summed E-state index contributed by atoms with van der Waals surface area (Å²) in [6.07, 6.45) is 1.60. The van der Waals surface area contributed by atoms with Gasteiger partial charge in [0.1, 0.15) is 0 Å². The van der Waals surface area contributed by atoms with Gasteiger partial charge in [-0.2, -0.15) is 0 Å². The minimum atomic E-state index is -0.720. The quantitative estimate of drug-likeness (QED) is 0.571. The van der Waals surface area contributed by atoms with Crippen LogP contribution < -0.4 is 10.9 Å². The van der Waals surface area contributed by atoms with Crippen LogP contribution >= 0.6 is 0 Å². The molecule has 1 unspecified atom stereocenters. The van der Waals surface area contributed by atoms with E-state index in [0.29, 0.717) is 11.1 Å². The summed E-state index contributed by atoms with van der Waals surface area (Å²) in [5.41, 5.74) is 3.23. The van der Waals surface area contributed by atoms with Crippen molar-refractivity contribution in [3.63, 3.8) is 0 Å². The molecule has 3 N–H and O–H groups in total. The van der Waals surface area contributed by atoms with Crippen LogP contribution in [0.25, 0.3) is 10.8 Å². The lowest BCUT2D eigenvalue weighted by Gasteiger charge is -2.20. The molecule has 0 amide bonds. The molecule has 0 aliphatic carbocycles. The van der Waals surface area contributed by atoms with Gasteiger partial charge >= 0.3 is 5.97 Å². The van der Waals surface area contributed by atoms with E-state index in [0.717, 1.165) is 22.1 Å². The van der Waals surface area contributed by atoms with Gasteiger partial charge in [0.15, 0.2) is 6.04 Å². The van der Waals surface area contributed by atoms with Gasteiger partial charge in [-0.15, -0.1) is 0 Å². The highest BCUT2D eigenvalue weighted by molar-refractivity contribution is 5.86. The number of esters is 1. The molecule has 28 heavy (non-hydrogen) atoms. The van der Waals surface area contributed by atoms with Gasteiger partial charge in [-0.1, -0.05) is 31.2 Å². The maximum Gasteiger partial charge on any atom is 0.332 e. The van der Waals surface area contributed by atoms with E-state index < -0.39 is 12.0 Å². The molecule has 1 aromatic heterocycles. The number of fused-ring (bicyclic) bond motifs is 1. The minimum Gasteiger partial charge on any atom is -0.467 e. The summed E-state index contributed by atoms with van der Waals surface area (Å²) in [7, 11) is 1.34. The molecule has 0 aliphatic heterocycles. The van der Waals surface area contributed by atoms with Crippen LogP contribution in [0.4, 0.5) is 5.69 Å². The third-order valence-electron chi connectivity index (χ3n) is 4.96. The summed E-state index contributed by atoms with van der Waals surface area (Å²) in [6, 6.07) is 12.2. The first-order chi connectivity index (χ1) is 13.4. The normalized spacial score (nSPS) is 13.1. The first kappa shape index (κ1) is 19.6. The Kier molecular flexibility index (Phi) is 5.80. The van der Waals surface area contributed by atoms with Crippen molar-refractivity contribution in [2.75, 3.05) is 19.0 Å². The molecule has 0 aliphatic rings. The second-order valence-corrected chi connectivity index (χ2v) is 6.91. The second kappa shape index (κ2) is 8.27. The van der Waals surface area contributed by atoms with Crippen LogP contribution in [0.5, 0.6) is 0 Å². The zero-order valence-electron chi connectivity index (χ0n) is 16.2. The van der Waals surface area contributed by atoms with Gasteiger partial charge in [0, 0.05) is 29.8 Å². The highest BCUT2D eigenvalue weighted by atomic mass is 16.5. The van der Waals surface area contributed by atoms with Crippen molar-refractivity contribution >= 4 is 22.4 Å². The Balaban J connectivity index is 1.98. The molecular weight excluding hydrogens is 356 g/mol. The topological polar surface area (TPSA) is 91.4 Å². The smallest absolute Gasteiger partial charge is 0.332 e. The first-order valence-corrected chi connectivity index (χ1v) is 9.11. The van der Waals surface area contributed by atoms with Gasteiger partial charge in [-0.3, -0.25) is 4.79 Å². The Morgan fingerprint density at radius 1 is 1.21 bits per heavy atom. The molecule has 0 radical (unpaired) electrons. The fourth-order valence-electron chi connectivity index (χ4n) is 3.37. The van der Waals surface area contributed by atoms with Crippen LogP contribution in [0.1, 0.15) is 35.6 Å². The number of carbonyl (C=O) groups is 1. The SMILES string of the molecule is COC(=O)C(Nc1ccc2cc[nH]c(=O)c2c1)c1ccc([C@@H](C)CO)c(C)c1. The van der Waals surface area contributed by atoms with Gasteiger partial charge in [0.05, 0.1) is 7.11 Å². The number of benzene rings is 2. The molecule has 6 nitrogen and oxygen atoms in total. The van der Waals surface area contributed by atoms with E-state index >= 15 is 0 Å². The Hall–Kier alpha value is -3.12. The number of aliphatic hydroxyl groups is 1. The Morgan fingerprint density at radius 2 is 2.00 bits per heavy atom. The highest BCUT2D eigenvalue weighted by Gasteiger charge is 2.22. The highest BCUT2D eigenvalue weighted by Crippen LogP contribution is 2.27. The van der Waals surface area contributed by atoms with Gasteiger partial charge in [0.2, 0.25) is 0 Å². The van der Waals surface area contributed by atoms with E-state index in [1.165, 1.54) is 7.11 Å². The summed E-state index contributed by atoms with van der Waals surface area (Å²) in [5, 5.41) is 13.9. The van der Waals surface area contributed by atoms with E-state index in [4.69, 9.17) is 4.74 Å². The number of carbonyl (C=O) groups excluding carboxylic acids is 1. The molecule has 0 bridgehead atoms. The van der Waals surface area contributed by atoms with Crippen LogP contribution in [0.3, 0.4) is 0 Å². The lowest BCUT2D eigenvalue weighted by atomic mass is 9.93. The number of rotatable bonds is 6. The number of nitrogens with one attached hydrogen (secondary N) is 2. The minimum absolute atomic E-state index is 0.0193. The number of anilines is 1. The predicted molar refractivity (Wildman–Crippen MR) is 110 cm³/mol. The molecule has 6 heteroatoms. The van der Waals surface area contributed by atoms with Crippen LogP contribution in [0.15, 0.2) is 53.5 Å². The van der Waals surface area contributed by atoms with Crippen molar-refractivity contribution in [1.82, 2.24) is 4.98 Å². The molecule has 1 heterocycles. The van der Waals surface area contributed by atoms with E-state index in [2.05, 4.69) is 10.3 Å². The molecule has 0 fully saturated rings. The van der Waals surface area contributed by atoms with Gasteiger partial charge in [-0.25, -0.2) is 4.79 Å². The van der Waals surface area contributed by atoms with Crippen molar-refractivity contribution in [2.24, 2.45) is 0 Å². The molecule has 0 spiro atoms. The molecule has 2 atom stereocenters. The number of aliphatic hydroxyl groups excluding tert-OH is 1. The van der Waals surface area contributed by atoms with Gasteiger partial charge in [0.25, 0.3) is 5.56 Å². The van der Waals surface area contributed by atoms with E-state index in [-0.39, 0.29) is 18.1 Å². The Bertz CT molecular complexity index is 1060. The maximum absolute atomic E-state index is 12.4. The summed E-state index contributed by atoms with van der Waals surface area (Å²) in [4.78, 5) is 27.2. The zero-order chi connectivity index (χ0) is 20.3. The molecule has 2 aromatic carbocycles. The number of aryl methyl sites for hydroxylation is 1. The molecule has 0 saturated heterocycles. The predicted octanol–water partition coefficient (Wildman–Crippen LogP) is 3.26. The first-order valence-electron chi connectivity index (χ1n) is 9.11. The number of ether oxygens (including phenoxy) is 1. The Labute approximate surface area is 163 Å². The van der Waals surface area contributed by atoms with E-state index in [1.54, 1.807) is 12.3 Å².